The number of hydrazine groups is 1. The minimum Gasteiger partial charge on any atom is -0.334 e. The van der Waals surface area contributed by atoms with Gasteiger partial charge in [-0.1, -0.05) is 20.8 Å². The number of aromatic amines is 1. The van der Waals surface area contributed by atoms with Gasteiger partial charge < -0.3 is 4.98 Å². The number of imidazole rings is 1. The highest BCUT2D eigenvalue weighted by Gasteiger charge is 2.22. The van der Waals surface area contributed by atoms with Crippen LogP contribution in [0.2, 0.25) is 0 Å². The largest absolute Gasteiger partial charge is 0.334 e. The first kappa shape index (κ1) is 15.1. The maximum atomic E-state index is 11.8. The molecule has 0 saturated carbocycles. The topological polar surface area (TPSA) is 104 Å². The zero-order valence-electron chi connectivity index (χ0n) is 10.2. The second kappa shape index (κ2) is 5.37. The number of amides is 1. The molecule has 3 N–H and O–H groups in total. The van der Waals surface area contributed by atoms with Crippen molar-refractivity contribution in [1.29, 1.82) is 0 Å². The molecule has 0 fully saturated rings. The Hall–Kier alpha value is -0.930. The van der Waals surface area contributed by atoms with Gasteiger partial charge in [0, 0.05) is 6.42 Å². The highest BCUT2D eigenvalue weighted by atomic mass is 79.9. The molecule has 102 valence electrons. The molecule has 1 aromatic rings. The van der Waals surface area contributed by atoms with Crippen molar-refractivity contribution in [2.45, 2.75) is 32.2 Å². The van der Waals surface area contributed by atoms with Gasteiger partial charge in [0.05, 0.1) is 6.33 Å². The third-order valence-corrected chi connectivity index (χ3v) is 3.93. The average molecular weight is 339 g/mol. The molecular formula is C9H15BrN4O3S. The number of halogens is 1. The fourth-order valence-corrected chi connectivity index (χ4v) is 2.84. The van der Waals surface area contributed by atoms with Crippen LogP contribution < -0.4 is 10.3 Å². The number of H-pyrrole nitrogens is 1. The first-order valence-electron chi connectivity index (χ1n) is 5.11. The number of hydrogen-bond acceptors (Lipinski definition) is 4. The summed E-state index contributed by atoms with van der Waals surface area (Å²) < 4.78 is 23.7. The van der Waals surface area contributed by atoms with Gasteiger partial charge in [-0.2, -0.15) is 0 Å². The van der Waals surface area contributed by atoms with E-state index in [0.717, 1.165) is 0 Å². The molecule has 1 rings (SSSR count). The SMILES string of the molecule is CC(C)(C)CC(=O)NNS(=O)(=O)c1[nH]cnc1Br. The predicted molar refractivity (Wildman–Crippen MR) is 68.8 cm³/mol. The number of rotatable bonds is 4. The van der Waals surface area contributed by atoms with Crippen LogP contribution >= 0.6 is 15.9 Å². The maximum absolute atomic E-state index is 11.8. The molecule has 9 heteroatoms. The van der Waals surface area contributed by atoms with Gasteiger partial charge >= 0.3 is 0 Å². The summed E-state index contributed by atoms with van der Waals surface area (Å²) in [6.45, 7) is 5.64. The van der Waals surface area contributed by atoms with E-state index >= 15 is 0 Å². The molecule has 1 heterocycles. The molecule has 0 aliphatic carbocycles. The number of aromatic nitrogens is 2. The number of hydrogen-bond donors (Lipinski definition) is 3. The van der Waals surface area contributed by atoms with E-state index in [-0.39, 0.29) is 21.5 Å². The minimum atomic E-state index is -3.85. The standard InChI is InChI=1S/C9H15BrN4O3S/c1-9(2,3)4-6(15)13-14-18(16,17)8-7(10)11-5-12-8/h5,14H,4H2,1-3H3,(H,11,12)(H,13,15). The Bertz CT molecular complexity index is 532. The molecule has 0 unspecified atom stereocenters. The summed E-state index contributed by atoms with van der Waals surface area (Å²) >= 11 is 2.98. The van der Waals surface area contributed by atoms with Crippen LogP contribution in [-0.4, -0.2) is 24.3 Å². The predicted octanol–water partition coefficient (Wildman–Crippen LogP) is 0.918. The van der Waals surface area contributed by atoms with Crippen molar-refractivity contribution in [3.63, 3.8) is 0 Å². The third-order valence-electron chi connectivity index (χ3n) is 1.85. The van der Waals surface area contributed by atoms with Crippen LogP contribution in [0.4, 0.5) is 0 Å². The van der Waals surface area contributed by atoms with Crippen molar-refractivity contribution in [1.82, 2.24) is 20.2 Å². The fraction of sp³-hybridized carbons (Fsp3) is 0.556. The van der Waals surface area contributed by atoms with Crippen LogP contribution in [0.3, 0.4) is 0 Å². The first-order chi connectivity index (χ1) is 8.12. The molecule has 0 aromatic carbocycles. The summed E-state index contributed by atoms with van der Waals surface area (Å²) in [5.41, 5.74) is 1.93. The molecule has 1 aromatic heterocycles. The highest BCUT2D eigenvalue weighted by Crippen LogP contribution is 2.18. The maximum Gasteiger partial charge on any atom is 0.275 e. The average Bonchev–Trinajstić information content (AvgIpc) is 2.60. The monoisotopic (exact) mass is 338 g/mol. The van der Waals surface area contributed by atoms with Gasteiger partial charge in [0.25, 0.3) is 10.0 Å². The van der Waals surface area contributed by atoms with Crippen molar-refractivity contribution >= 4 is 31.9 Å². The lowest BCUT2D eigenvalue weighted by molar-refractivity contribution is -0.123. The van der Waals surface area contributed by atoms with Crippen molar-refractivity contribution in [3.05, 3.63) is 10.9 Å². The second-order valence-corrected chi connectivity index (χ2v) is 7.28. The van der Waals surface area contributed by atoms with Crippen molar-refractivity contribution in [3.8, 4) is 0 Å². The summed E-state index contributed by atoms with van der Waals surface area (Å²) in [5.74, 6) is -0.401. The lowest BCUT2D eigenvalue weighted by atomic mass is 9.92. The smallest absolute Gasteiger partial charge is 0.275 e. The van der Waals surface area contributed by atoms with Gasteiger partial charge in [-0.25, -0.2) is 13.4 Å². The second-order valence-electron chi connectivity index (χ2n) is 4.91. The van der Waals surface area contributed by atoms with Crippen molar-refractivity contribution < 1.29 is 13.2 Å². The van der Waals surface area contributed by atoms with Crippen LogP contribution in [0.15, 0.2) is 16.0 Å². The molecule has 0 saturated heterocycles. The Kier molecular flexibility index (Phi) is 4.51. The molecule has 0 aliphatic heterocycles. The van der Waals surface area contributed by atoms with E-state index in [0.29, 0.717) is 0 Å². The number of sulfonamides is 1. The first-order valence-corrected chi connectivity index (χ1v) is 7.39. The van der Waals surface area contributed by atoms with Crippen LogP contribution in [-0.2, 0) is 14.8 Å². The van der Waals surface area contributed by atoms with E-state index < -0.39 is 15.9 Å². The van der Waals surface area contributed by atoms with E-state index in [1.807, 2.05) is 25.6 Å². The van der Waals surface area contributed by atoms with E-state index in [4.69, 9.17) is 0 Å². The number of nitrogens with zero attached hydrogens (tertiary/aromatic N) is 1. The Morgan fingerprint density at radius 1 is 1.50 bits per heavy atom. The molecule has 0 radical (unpaired) electrons. The lowest BCUT2D eigenvalue weighted by Gasteiger charge is -2.17. The summed E-state index contributed by atoms with van der Waals surface area (Å²) in [6, 6.07) is 0. The van der Waals surface area contributed by atoms with Gasteiger partial charge in [0.15, 0.2) is 5.03 Å². The molecule has 0 bridgehead atoms. The molecule has 0 atom stereocenters. The molecule has 1 amide bonds. The third kappa shape index (κ3) is 4.39. The van der Waals surface area contributed by atoms with E-state index in [1.165, 1.54) is 6.33 Å². The Morgan fingerprint density at radius 3 is 2.56 bits per heavy atom. The number of carbonyl (C=O) groups is 1. The van der Waals surface area contributed by atoms with Crippen LogP contribution in [0.25, 0.3) is 0 Å². The fourth-order valence-electron chi connectivity index (χ4n) is 1.16. The number of nitrogens with one attached hydrogen (secondary N) is 3. The molecule has 0 spiro atoms. The Balaban J connectivity index is 2.64. The van der Waals surface area contributed by atoms with Crippen LogP contribution in [0.1, 0.15) is 27.2 Å². The minimum absolute atomic E-state index is 0.140. The Labute approximate surface area is 114 Å². The van der Waals surface area contributed by atoms with E-state index in [9.17, 15) is 13.2 Å². The van der Waals surface area contributed by atoms with E-state index in [1.54, 1.807) is 0 Å². The quantitative estimate of drug-likeness (QED) is 0.710. The van der Waals surface area contributed by atoms with Gasteiger partial charge in [-0.05, 0) is 21.3 Å². The molecule has 0 aliphatic rings. The summed E-state index contributed by atoms with van der Waals surface area (Å²) in [4.78, 5) is 19.6. The van der Waals surface area contributed by atoms with Gasteiger partial charge in [0.1, 0.15) is 4.60 Å². The summed E-state index contributed by atoms with van der Waals surface area (Å²) in [5, 5.41) is -0.140. The highest BCUT2D eigenvalue weighted by molar-refractivity contribution is 9.10. The summed E-state index contributed by atoms with van der Waals surface area (Å²) in [6.07, 6.45) is 1.44. The van der Waals surface area contributed by atoms with Gasteiger partial charge in [-0.15, -0.1) is 4.83 Å². The van der Waals surface area contributed by atoms with Crippen LogP contribution in [0.5, 0.6) is 0 Å². The zero-order chi connectivity index (χ0) is 14.0. The molecule has 18 heavy (non-hydrogen) atoms. The zero-order valence-corrected chi connectivity index (χ0v) is 12.6. The molecular weight excluding hydrogens is 324 g/mol. The van der Waals surface area contributed by atoms with Crippen molar-refractivity contribution in [2.75, 3.05) is 0 Å². The molecule has 7 nitrogen and oxygen atoms in total. The Morgan fingerprint density at radius 2 is 2.11 bits per heavy atom. The van der Waals surface area contributed by atoms with Crippen molar-refractivity contribution in [2.24, 2.45) is 5.41 Å². The number of carbonyl (C=O) groups excluding carboxylic acids is 1. The van der Waals surface area contributed by atoms with Gasteiger partial charge in [0.2, 0.25) is 5.91 Å². The lowest BCUT2D eigenvalue weighted by Crippen LogP contribution is -2.42. The van der Waals surface area contributed by atoms with Crippen LogP contribution in [0, 0.1) is 5.41 Å². The summed E-state index contributed by atoms with van der Waals surface area (Å²) in [7, 11) is -3.85. The normalized spacial score (nSPS) is 12.4. The van der Waals surface area contributed by atoms with E-state index in [2.05, 4.69) is 31.3 Å². The van der Waals surface area contributed by atoms with Gasteiger partial charge in [-0.3, -0.25) is 10.2 Å².